The van der Waals surface area contributed by atoms with Gasteiger partial charge in [-0.05, 0) is 47.9 Å². The molecule has 0 spiro atoms. The molecule has 0 heterocycles. The highest BCUT2D eigenvalue weighted by atomic mass is 15.5. The lowest BCUT2D eigenvalue weighted by atomic mass is 10.0. The van der Waals surface area contributed by atoms with Gasteiger partial charge in [0, 0.05) is 0 Å². The van der Waals surface area contributed by atoms with E-state index in [2.05, 4.69) is 52.5 Å². The molecule has 23 heavy (non-hydrogen) atoms. The summed E-state index contributed by atoms with van der Waals surface area (Å²) in [6.07, 6.45) is 0. The zero-order chi connectivity index (χ0) is 15.9. The third-order valence-corrected chi connectivity index (χ3v) is 3.49. The molecule has 4 heteroatoms. The van der Waals surface area contributed by atoms with Crippen molar-refractivity contribution in [3.05, 3.63) is 84.4 Å². The fraction of sp³-hybridized carbons (Fsp3) is 0.0526. The van der Waals surface area contributed by atoms with Crippen LogP contribution in [0.4, 0.5) is 11.4 Å². The summed E-state index contributed by atoms with van der Waals surface area (Å²) in [6.45, 7) is 2.09. The highest BCUT2D eigenvalue weighted by molar-refractivity contribution is 5.69. The first-order chi connectivity index (χ1) is 11.3. The monoisotopic (exact) mass is 302 g/mol. The molecule has 0 aromatic heterocycles. The molecule has 0 fully saturated rings. The van der Waals surface area contributed by atoms with Gasteiger partial charge in [-0.1, -0.05) is 65.0 Å². The molecular weight excluding hydrogens is 284 g/mol. The standard InChI is InChI=1S/C19H18N4/c1-15-14-18(12-13-19(15)16-8-4-2-5-9-16)21-23-22-20-17-10-6-3-7-11-17/h2-14H,1H3,(H,20,23)(H,21,22). The first-order valence-electron chi connectivity index (χ1n) is 7.46. The maximum absolute atomic E-state index is 3.94. The average molecular weight is 302 g/mol. The molecule has 0 radical (unpaired) electrons. The normalized spacial score (nSPS) is 10.7. The van der Waals surface area contributed by atoms with Crippen LogP contribution >= 0.6 is 0 Å². The van der Waals surface area contributed by atoms with Gasteiger partial charge in [-0.25, -0.2) is 0 Å². The number of aryl methyl sites for hydroxylation is 1. The molecule has 3 aromatic carbocycles. The Morgan fingerprint density at radius 2 is 1.26 bits per heavy atom. The van der Waals surface area contributed by atoms with Crippen molar-refractivity contribution in [1.29, 1.82) is 0 Å². The molecule has 3 rings (SSSR count). The summed E-state index contributed by atoms with van der Waals surface area (Å²) in [5.41, 5.74) is 11.2. The lowest BCUT2D eigenvalue weighted by molar-refractivity contribution is 1.06. The van der Waals surface area contributed by atoms with Crippen LogP contribution in [0.3, 0.4) is 0 Å². The predicted molar refractivity (Wildman–Crippen MR) is 95.2 cm³/mol. The van der Waals surface area contributed by atoms with Crippen molar-refractivity contribution in [3.63, 3.8) is 0 Å². The Kier molecular flexibility index (Phi) is 4.64. The third kappa shape index (κ3) is 3.95. The van der Waals surface area contributed by atoms with Crippen LogP contribution in [0.25, 0.3) is 11.1 Å². The summed E-state index contributed by atoms with van der Waals surface area (Å²) in [5.74, 6) is 0. The molecule has 3 aromatic rings. The minimum atomic E-state index is 0.897. The molecule has 0 aliphatic heterocycles. The summed E-state index contributed by atoms with van der Waals surface area (Å²) in [4.78, 5) is 0. The number of rotatable bonds is 5. The van der Waals surface area contributed by atoms with Crippen molar-refractivity contribution in [2.45, 2.75) is 6.92 Å². The first kappa shape index (κ1) is 14.8. The molecule has 0 unspecified atom stereocenters. The van der Waals surface area contributed by atoms with Crippen molar-refractivity contribution in [1.82, 2.24) is 0 Å². The summed E-state index contributed by atoms with van der Waals surface area (Å²) in [6, 6.07) is 26.2. The topological polar surface area (TPSA) is 48.8 Å². The van der Waals surface area contributed by atoms with Crippen LogP contribution in [0, 0.1) is 6.92 Å². The summed E-state index contributed by atoms with van der Waals surface area (Å²) >= 11 is 0. The van der Waals surface area contributed by atoms with E-state index in [4.69, 9.17) is 0 Å². The molecule has 0 amide bonds. The second-order valence-corrected chi connectivity index (χ2v) is 5.19. The molecule has 0 aliphatic rings. The fourth-order valence-electron chi connectivity index (χ4n) is 2.35. The Morgan fingerprint density at radius 3 is 1.91 bits per heavy atom. The zero-order valence-corrected chi connectivity index (χ0v) is 12.9. The van der Waals surface area contributed by atoms with Crippen LogP contribution in [0.1, 0.15) is 5.56 Å². The third-order valence-electron chi connectivity index (χ3n) is 3.49. The van der Waals surface area contributed by atoms with Gasteiger partial charge < -0.3 is 0 Å². The van der Waals surface area contributed by atoms with Crippen LogP contribution in [-0.4, -0.2) is 0 Å². The van der Waals surface area contributed by atoms with Gasteiger partial charge in [0.05, 0.1) is 11.4 Å². The summed E-state index contributed by atoms with van der Waals surface area (Å²) in [5, 5.41) is 7.86. The van der Waals surface area contributed by atoms with Crippen molar-refractivity contribution in [2.24, 2.45) is 10.4 Å². The minimum absolute atomic E-state index is 0.897. The van der Waals surface area contributed by atoms with Gasteiger partial charge >= 0.3 is 0 Å². The molecule has 0 aliphatic carbocycles. The van der Waals surface area contributed by atoms with Gasteiger partial charge in [0.25, 0.3) is 0 Å². The maximum atomic E-state index is 3.94. The van der Waals surface area contributed by atoms with Crippen molar-refractivity contribution >= 4 is 11.4 Å². The lowest BCUT2D eigenvalue weighted by Gasteiger charge is -2.08. The first-order valence-corrected chi connectivity index (χ1v) is 7.46. The van der Waals surface area contributed by atoms with Crippen LogP contribution in [0.2, 0.25) is 0 Å². The Balaban J connectivity index is 1.64. The highest BCUT2D eigenvalue weighted by Crippen LogP contribution is 2.25. The second kappa shape index (κ2) is 7.22. The molecule has 0 saturated carbocycles. The van der Waals surface area contributed by atoms with E-state index in [1.54, 1.807) is 0 Å². The zero-order valence-electron chi connectivity index (χ0n) is 12.9. The number of hydrogen-bond acceptors (Lipinski definition) is 2. The number of anilines is 2. The highest BCUT2D eigenvalue weighted by Gasteiger charge is 2.02. The van der Waals surface area contributed by atoms with Gasteiger partial charge in [-0.15, -0.1) is 0 Å². The van der Waals surface area contributed by atoms with Gasteiger partial charge in [-0.3, -0.25) is 10.9 Å². The van der Waals surface area contributed by atoms with Crippen LogP contribution in [-0.2, 0) is 0 Å². The molecule has 114 valence electrons. The van der Waals surface area contributed by atoms with E-state index in [1.807, 2.05) is 54.6 Å². The van der Waals surface area contributed by atoms with Gasteiger partial charge in [0.15, 0.2) is 0 Å². The average Bonchev–Trinajstić information content (AvgIpc) is 2.60. The molecule has 4 nitrogen and oxygen atoms in total. The van der Waals surface area contributed by atoms with Crippen molar-refractivity contribution in [3.8, 4) is 11.1 Å². The number of nitrogens with one attached hydrogen (secondary N) is 2. The van der Waals surface area contributed by atoms with E-state index < -0.39 is 0 Å². The quantitative estimate of drug-likeness (QED) is 0.485. The Labute approximate surface area is 135 Å². The lowest BCUT2D eigenvalue weighted by Crippen LogP contribution is -1.92. The van der Waals surface area contributed by atoms with Crippen LogP contribution in [0.5, 0.6) is 0 Å². The molecular formula is C19H18N4. The van der Waals surface area contributed by atoms with Crippen molar-refractivity contribution in [2.75, 3.05) is 10.9 Å². The van der Waals surface area contributed by atoms with E-state index in [0.717, 1.165) is 11.4 Å². The summed E-state index contributed by atoms with van der Waals surface area (Å²) in [7, 11) is 0. The molecule has 0 bridgehead atoms. The SMILES string of the molecule is Cc1cc(NN=NNc2ccccc2)ccc1-c1ccccc1. The smallest absolute Gasteiger partial charge is 0.0582 e. The maximum Gasteiger partial charge on any atom is 0.0582 e. The Morgan fingerprint density at radius 1 is 0.652 bits per heavy atom. The van der Waals surface area contributed by atoms with Crippen LogP contribution in [0.15, 0.2) is 89.3 Å². The van der Waals surface area contributed by atoms with Gasteiger partial charge in [0.2, 0.25) is 0 Å². The van der Waals surface area contributed by atoms with E-state index in [0.29, 0.717) is 0 Å². The van der Waals surface area contributed by atoms with E-state index in [-0.39, 0.29) is 0 Å². The minimum Gasteiger partial charge on any atom is -0.258 e. The van der Waals surface area contributed by atoms with Crippen LogP contribution < -0.4 is 10.9 Å². The molecule has 0 atom stereocenters. The molecule has 0 saturated heterocycles. The predicted octanol–water partition coefficient (Wildman–Crippen LogP) is 5.47. The Hall–Kier alpha value is -3.14. The van der Waals surface area contributed by atoms with E-state index in [1.165, 1.54) is 16.7 Å². The molecule has 2 N–H and O–H groups in total. The second-order valence-electron chi connectivity index (χ2n) is 5.19. The number of nitrogens with zero attached hydrogens (tertiary/aromatic N) is 2. The summed E-state index contributed by atoms with van der Waals surface area (Å²) < 4.78 is 0. The van der Waals surface area contributed by atoms with Crippen molar-refractivity contribution < 1.29 is 0 Å². The fourth-order valence-corrected chi connectivity index (χ4v) is 2.35. The van der Waals surface area contributed by atoms with E-state index >= 15 is 0 Å². The number of benzene rings is 3. The largest absolute Gasteiger partial charge is 0.258 e. The van der Waals surface area contributed by atoms with E-state index in [9.17, 15) is 0 Å². The Bertz CT molecular complexity index is 783. The number of para-hydroxylation sites is 1. The van der Waals surface area contributed by atoms with Gasteiger partial charge in [-0.2, -0.15) is 0 Å². The number of hydrogen-bond donors (Lipinski definition) is 2. The van der Waals surface area contributed by atoms with Gasteiger partial charge in [0.1, 0.15) is 0 Å².